The van der Waals surface area contributed by atoms with Gasteiger partial charge in [0, 0.05) is 48.1 Å². The summed E-state index contributed by atoms with van der Waals surface area (Å²) in [6, 6.07) is 4.20. The van der Waals surface area contributed by atoms with Crippen molar-refractivity contribution < 1.29 is 9.59 Å². The number of hydrogen-bond donors (Lipinski definition) is 0. The second-order valence-corrected chi connectivity index (χ2v) is 9.66. The number of thiophene rings is 1. The number of carbonyl (C=O) groups excluding carboxylic acids is 2. The molecule has 0 radical (unpaired) electrons. The van der Waals surface area contributed by atoms with Crippen molar-refractivity contribution in [2.24, 2.45) is 5.92 Å². The molecule has 2 saturated carbocycles. The highest BCUT2D eigenvalue weighted by atomic mass is 32.2. The zero-order valence-corrected chi connectivity index (χ0v) is 16.2. The van der Waals surface area contributed by atoms with Crippen LogP contribution in [0.4, 0.5) is 0 Å². The lowest BCUT2D eigenvalue weighted by atomic mass is 10.2. The highest BCUT2D eigenvalue weighted by molar-refractivity contribution is 8.00. The Morgan fingerprint density at radius 2 is 1.84 bits per heavy atom. The minimum absolute atomic E-state index is 0.179. The summed E-state index contributed by atoms with van der Waals surface area (Å²) >= 11 is 3.59. The van der Waals surface area contributed by atoms with Gasteiger partial charge in [0.15, 0.2) is 0 Å². The van der Waals surface area contributed by atoms with Crippen LogP contribution in [0.1, 0.15) is 42.9 Å². The van der Waals surface area contributed by atoms with E-state index in [1.165, 1.54) is 30.6 Å². The molecule has 0 bridgehead atoms. The van der Waals surface area contributed by atoms with E-state index < -0.39 is 0 Å². The van der Waals surface area contributed by atoms with Crippen molar-refractivity contribution in [1.29, 1.82) is 0 Å². The lowest BCUT2D eigenvalue weighted by molar-refractivity contribution is -0.139. The second-order valence-electron chi connectivity index (χ2n) is 7.39. The number of hydrogen-bond acceptors (Lipinski definition) is 4. The topological polar surface area (TPSA) is 40.6 Å². The third kappa shape index (κ3) is 4.05. The largest absolute Gasteiger partial charge is 0.339 e. The second kappa shape index (κ2) is 7.70. The summed E-state index contributed by atoms with van der Waals surface area (Å²) in [6.07, 6.45) is 6.18. The molecule has 0 unspecified atom stereocenters. The van der Waals surface area contributed by atoms with Crippen molar-refractivity contribution in [3.63, 3.8) is 0 Å². The number of rotatable bonds is 5. The van der Waals surface area contributed by atoms with E-state index in [9.17, 15) is 9.59 Å². The predicted molar refractivity (Wildman–Crippen MR) is 103 cm³/mol. The van der Waals surface area contributed by atoms with Crippen molar-refractivity contribution in [3.8, 4) is 0 Å². The Bertz CT molecular complexity index is 605. The fourth-order valence-corrected chi connectivity index (χ4v) is 6.17. The molecule has 25 heavy (non-hydrogen) atoms. The first-order chi connectivity index (χ1) is 12.2. The van der Waals surface area contributed by atoms with Gasteiger partial charge in [0.25, 0.3) is 0 Å². The van der Waals surface area contributed by atoms with Crippen LogP contribution in [0, 0.1) is 5.92 Å². The molecule has 6 heteroatoms. The quantitative estimate of drug-likeness (QED) is 0.790. The van der Waals surface area contributed by atoms with Crippen LogP contribution in [0.2, 0.25) is 0 Å². The van der Waals surface area contributed by atoms with E-state index in [0.29, 0.717) is 49.0 Å². The monoisotopic (exact) mass is 378 g/mol. The summed E-state index contributed by atoms with van der Waals surface area (Å²) < 4.78 is 0. The summed E-state index contributed by atoms with van der Waals surface area (Å²) in [5.41, 5.74) is 0. The zero-order chi connectivity index (χ0) is 17.2. The van der Waals surface area contributed by atoms with Crippen LogP contribution >= 0.6 is 23.1 Å². The minimum Gasteiger partial charge on any atom is -0.339 e. The normalized spacial score (nSPS) is 26.9. The highest BCUT2D eigenvalue weighted by Gasteiger charge is 2.46. The molecule has 0 spiro atoms. The third-order valence-electron chi connectivity index (χ3n) is 5.71. The van der Waals surface area contributed by atoms with E-state index in [1.54, 1.807) is 11.3 Å². The molecule has 1 aliphatic heterocycles. The molecule has 3 aliphatic rings. The SMILES string of the molecule is O=C(CSC1CCCC1)N1CCN(C(=O)[C@H]2C[C@@H]2c2cccs2)CC1. The van der Waals surface area contributed by atoms with E-state index in [0.717, 1.165) is 6.42 Å². The van der Waals surface area contributed by atoms with Gasteiger partial charge in [-0.25, -0.2) is 0 Å². The molecular weight excluding hydrogens is 352 g/mol. The molecule has 2 atom stereocenters. The molecule has 3 fully saturated rings. The summed E-state index contributed by atoms with van der Waals surface area (Å²) in [5, 5.41) is 2.78. The van der Waals surface area contributed by atoms with Crippen molar-refractivity contribution >= 4 is 34.9 Å². The molecule has 1 aromatic heterocycles. The minimum atomic E-state index is 0.179. The first kappa shape index (κ1) is 17.4. The van der Waals surface area contributed by atoms with Gasteiger partial charge in [0.2, 0.25) is 11.8 Å². The molecule has 136 valence electrons. The van der Waals surface area contributed by atoms with Gasteiger partial charge in [-0.05, 0) is 30.7 Å². The van der Waals surface area contributed by atoms with E-state index in [-0.39, 0.29) is 11.8 Å². The van der Waals surface area contributed by atoms with E-state index >= 15 is 0 Å². The van der Waals surface area contributed by atoms with Crippen LogP contribution in [0.3, 0.4) is 0 Å². The molecule has 4 nitrogen and oxygen atoms in total. The van der Waals surface area contributed by atoms with Gasteiger partial charge in [-0.3, -0.25) is 9.59 Å². The van der Waals surface area contributed by atoms with Gasteiger partial charge >= 0.3 is 0 Å². The number of thioether (sulfide) groups is 1. The Morgan fingerprint density at radius 3 is 2.52 bits per heavy atom. The zero-order valence-electron chi connectivity index (χ0n) is 14.6. The number of amides is 2. The Balaban J connectivity index is 1.20. The highest BCUT2D eigenvalue weighted by Crippen LogP contribution is 2.50. The molecule has 0 N–H and O–H groups in total. The van der Waals surface area contributed by atoms with Gasteiger partial charge in [0.05, 0.1) is 5.75 Å². The fraction of sp³-hybridized carbons (Fsp3) is 0.684. The number of piperazine rings is 1. The summed E-state index contributed by atoms with van der Waals surface area (Å²) in [4.78, 5) is 30.3. The van der Waals surface area contributed by atoms with Gasteiger partial charge in [-0.1, -0.05) is 18.9 Å². The third-order valence-corrected chi connectivity index (χ3v) is 8.07. The maximum absolute atomic E-state index is 12.7. The van der Waals surface area contributed by atoms with Crippen molar-refractivity contribution in [3.05, 3.63) is 22.4 Å². The summed E-state index contributed by atoms with van der Waals surface area (Å²) in [7, 11) is 0. The molecular formula is C19H26N2O2S2. The Kier molecular flexibility index (Phi) is 5.36. The lowest BCUT2D eigenvalue weighted by Gasteiger charge is -2.35. The van der Waals surface area contributed by atoms with Gasteiger partial charge in [0.1, 0.15) is 0 Å². The van der Waals surface area contributed by atoms with Gasteiger partial charge in [-0.15, -0.1) is 23.1 Å². The molecule has 1 saturated heterocycles. The fourth-order valence-electron chi connectivity index (χ4n) is 4.03. The number of nitrogens with zero attached hydrogens (tertiary/aromatic N) is 2. The molecule has 2 amide bonds. The Labute approximate surface area is 157 Å². The standard InChI is InChI=1S/C19H26N2O2S2/c22-18(13-25-14-4-1-2-5-14)20-7-9-21(10-8-20)19(23)16-12-15(16)17-6-3-11-24-17/h3,6,11,14-16H,1-2,4-5,7-10,12-13H2/t15-,16-/m0/s1. The average molecular weight is 379 g/mol. The molecule has 4 rings (SSSR count). The molecule has 1 aromatic rings. The molecule has 2 heterocycles. The van der Waals surface area contributed by atoms with Gasteiger partial charge < -0.3 is 9.80 Å². The Hall–Kier alpha value is -1.01. The maximum Gasteiger partial charge on any atom is 0.232 e. The van der Waals surface area contributed by atoms with Crippen LogP contribution in [0.5, 0.6) is 0 Å². The van der Waals surface area contributed by atoms with Crippen molar-refractivity contribution in [2.75, 3.05) is 31.9 Å². The van der Waals surface area contributed by atoms with Crippen LogP contribution in [0.25, 0.3) is 0 Å². The van der Waals surface area contributed by atoms with E-state index in [4.69, 9.17) is 0 Å². The van der Waals surface area contributed by atoms with E-state index in [2.05, 4.69) is 17.5 Å². The number of carbonyl (C=O) groups is 2. The van der Waals surface area contributed by atoms with Gasteiger partial charge in [-0.2, -0.15) is 0 Å². The first-order valence-electron chi connectivity index (χ1n) is 9.44. The predicted octanol–water partition coefficient (Wildman–Crippen LogP) is 3.20. The molecule has 2 aliphatic carbocycles. The summed E-state index contributed by atoms with van der Waals surface area (Å²) in [6.45, 7) is 2.80. The first-order valence-corrected chi connectivity index (χ1v) is 11.4. The Morgan fingerprint density at radius 1 is 1.12 bits per heavy atom. The van der Waals surface area contributed by atoms with Crippen molar-refractivity contribution in [2.45, 2.75) is 43.3 Å². The van der Waals surface area contributed by atoms with Crippen LogP contribution in [-0.4, -0.2) is 58.8 Å². The smallest absolute Gasteiger partial charge is 0.232 e. The van der Waals surface area contributed by atoms with Crippen LogP contribution in [-0.2, 0) is 9.59 Å². The molecule has 0 aromatic carbocycles. The van der Waals surface area contributed by atoms with E-state index in [1.807, 2.05) is 21.6 Å². The maximum atomic E-state index is 12.7. The summed E-state index contributed by atoms with van der Waals surface area (Å²) in [5.74, 6) is 1.79. The lowest BCUT2D eigenvalue weighted by Crippen LogP contribution is -2.51. The van der Waals surface area contributed by atoms with Crippen molar-refractivity contribution in [1.82, 2.24) is 9.80 Å². The van der Waals surface area contributed by atoms with Crippen LogP contribution < -0.4 is 0 Å². The average Bonchev–Trinajstić information content (AvgIpc) is 3.06. The van der Waals surface area contributed by atoms with Crippen LogP contribution in [0.15, 0.2) is 17.5 Å².